The normalized spacial score (nSPS) is 10.5. The Hall–Kier alpha value is -3.09. The van der Waals surface area contributed by atoms with Crippen molar-refractivity contribution in [3.8, 4) is 5.88 Å². The van der Waals surface area contributed by atoms with Crippen molar-refractivity contribution >= 4 is 5.78 Å². The van der Waals surface area contributed by atoms with Crippen LogP contribution in [0.4, 0.5) is 0 Å². The third-order valence-electron chi connectivity index (χ3n) is 3.15. The minimum absolute atomic E-state index is 0.0328. The maximum atomic E-state index is 11.2. The predicted molar refractivity (Wildman–Crippen MR) is 81.9 cm³/mol. The molecule has 0 aliphatic rings. The third kappa shape index (κ3) is 3.97. The van der Waals surface area contributed by atoms with E-state index in [1.807, 2.05) is 30.3 Å². The van der Waals surface area contributed by atoms with E-state index < -0.39 is 0 Å². The van der Waals surface area contributed by atoms with E-state index in [9.17, 15) is 4.79 Å². The Kier molecular flexibility index (Phi) is 4.37. The Morgan fingerprint density at radius 1 is 1.17 bits per heavy atom. The molecule has 0 spiro atoms. The lowest BCUT2D eigenvalue weighted by atomic mass is 10.2. The SMILES string of the molecule is CC(=O)c1ccc(OCc2nnn(Cc3ccccc3)n2)nc1. The fourth-order valence-electron chi connectivity index (χ4n) is 1.96. The standard InChI is InChI=1S/C16H15N5O2/c1-12(22)14-7-8-16(17-9-14)23-11-15-18-20-21(19-15)10-13-5-3-2-4-6-13/h2-9H,10-11H2,1H3. The predicted octanol–water partition coefficient (Wildman–Crippen LogP) is 1.90. The number of hydrogen-bond donors (Lipinski definition) is 0. The summed E-state index contributed by atoms with van der Waals surface area (Å²) in [7, 11) is 0. The van der Waals surface area contributed by atoms with E-state index in [2.05, 4.69) is 20.4 Å². The van der Waals surface area contributed by atoms with Crippen molar-refractivity contribution in [1.29, 1.82) is 0 Å². The Morgan fingerprint density at radius 3 is 2.70 bits per heavy atom. The summed E-state index contributed by atoms with van der Waals surface area (Å²) in [6.45, 7) is 2.22. The molecule has 3 aromatic rings. The molecule has 0 saturated carbocycles. The molecule has 1 aromatic carbocycles. The van der Waals surface area contributed by atoms with Gasteiger partial charge in [-0.3, -0.25) is 4.79 Å². The van der Waals surface area contributed by atoms with Gasteiger partial charge in [0, 0.05) is 17.8 Å². The van der Waals surface area contributed by atoms with Gasteiger partial charge in [0.05, 0.1) is 6.54 Å². The smallest absolute Gasteiger partial charge is 0.213 e. The second-order valence-electron chi connectivity index (χ2n) is 4.95. The molecule has 0 aliphatic carbocycles. The van der Waals surface area contributed by atoms with Crippen LogP contribution in [0.2, 0.25) is 0 Å². The van der Waals surface area contributed by atoms with Gasteiger partial charge in [-0.25, -0.2) is 4.98 Å². The number of Topliss-reactive ketones (excluding diaryl/α,β-unsaturated/α-hetero) is 1. The molecule has 0 radical (unpaired) electrons. The summed E-state index contributed by atoms with van der Waals surface area (Å²) in [5, 5.41) is 12.2. The Balaban J connectivity index is 1.57. The van der Waals surface area contributed by atoms with Crippen LogP contribution < -0.4 is 4.74 Å². The van der Waals surface area contributed by atoms with Crippen molar-refractivity contribution in [2.45, 2.75) is 20.1 Å². The number of carbonyl (C=O) groups excluding carboxylic acids is 1. The minimum atomic E-state index is -0.0328. The van der Waals surface area contributed by atoms with Crippen LogP contribution >= 0.6 is 0 Å². The first kappa shape index (κ1) is 14.8. The van der Waals surface area contributed by atoms with Gasteiger partial charge in [0.25, 0.3) is 0 Å². The lowest BCUT2D eigenvalue weighted by Gasteiger charge is -2.02. The molecule has 0 fully saturated rings. The zero-order valence-corrected chi connectivity index (χ0v) is 12.6. The summed E-state index contributed by atoms with van der Waals surface area (Å²) in [5.74, 6) is 0.849. The van der Waals surface area contributed by atoms with E-state index in [0.29, 0.717) is 23.8 Å². The molecular formula is C16H15N5O2. The van der Waals surface area contributed by atoms with E-state index in [-0.39, 0.29) is 12.4 Å². The van der Waals surface area contributed by atoms with Crippen LogP contribution in [-0.2, 0) is 13.2 Å². The third-order valence-corrected chi connectivity index (χ3v) is 3.15. The van der Waals surface area contributed by atoms with Crippen molar-refractivity contribution in [3.63, 3.8) is 0 Å². The monoisotopic (exact) mass is 309 g/mol. The Bertz CT molecular complexity index is 784. The van der Waals surface area contributed by atoms with Crippen LogP contribution in [0.3, 0.4) is 0 Å². The Labute approximate surface area is 132 Å². The highest BCUT2D eigenvalue weighted by molar-refractivity contribution is 5.93. The van der Waals surface area contributed by atoms with E-state index in [0.717, 1.165) is 5.56 Å². The summed E-state index contributed by atoms with van der Waals surface area (Å²) < 4.78 is 5.49. The first-order chi connectivity index (χ1) is 11.2. The van der Waals surface area contributed by atoms with Gasteiger partial charge in [-0.2, -0.15) is 4.80 Å². The topological polar surface area (TPSA) is 82.8 Å². The molecule has 0 aliphatic heterocycles. The van der Waals surface area contributed by atoms with Crippen molar-refractivity contribution in [2.75, 3.05) is 0 Å². The first-order valence-corrected chi connectivity index (χ1v) is 7.11. The van der Waals surface area contributed by atoms with Crippen LogP contribution in [-0.4, -0.2) is 31.0 Å². The van der Waals surface area contributed by atoms with Crippen LogP contribution in [0.25, 0.3) is 0 Å². The average Bonchev–Trinajstić information content (AvgIpc) is 3.02. The van der Waals surface area contributed by atoms with Crippen LogP contribution in [0.5, 0.6) is 5.88 Å². The van der Waals surface area contributed by atoms with Crippen molar-refractivity contribution in [3.05, 3.63) is 65.6 Å². The molecule has 0 amide bonds. The van der Waals surface area contributed by atoms with Crippen LogP contribution in [0.15, 0.2) is 48.7 Å². The summed E-state index contributed by atoms with van der Waals surface area (Å²) in [5.41, 5.74) is 1.64. The molecule has 7 nitrogen and oxygen atoms in total. The van der Waals surface area contributed by atoms with Gasteiger partial charge in [0.1, 0.15) is 0 Å². The number of ether oxygens (including phenoxy) is 1. The number of ketones is 1. The largest absolute Gasteiger partial charge is 0.469 e. The van der Waals surface area contributed by atoms with Gasteiger partial charge in [-0.05, 0) is 23.8 Å². The number of rotatable bonds is 6. The minimum Gasteiger partial charge on any atom is -0.469 e. The van der Waals surface area contributed by atoms with Gasteiger partial charge in [-0.1, -0.05) is 30.3 Å². The van der Waals surface area contributed by atoms with Gasteiger partial charge in [0.15, 0.2) is 12.4 Å². The zero-order valence-electron chi connectivity index (χ0n) is 12.6. The highest BCUT2D eigenvalue weighted by Gasteiger charge is 2.06. The highest BCUT2D eigenvalue weighted by atomic mass is 16.5. The number of pyridine rings is 1. The molecule has 116 valence electrons. The molecule has 0 N–H and O–H groups in total. The molecule has 2 aromatic heterocycles. The summed E-state index contributed by atoms with van der Waals surface area (Å²) in [6.07, 6.45) is 1.48. The number of aromatic nitrogens is 5. The lowest BCUT2D eigenvalue weighted by molar-refractivity contribution is 0.101. The molecule has 0 saturated heterocycles. The molecule has 0 bridgehead atoms. The van der Waals surface area contributed by atoms with E-state index in [1.165, 1.54) is 17.9 Å². The maximum absolute atomic E-state index is 11.2. The van der Waals surface area contributed by atoms with Gasteiger partial charge < -0.3 is 4.74 Å². The zero-order chi connectivity index (χ0) is 16.1. The number of benzene rings is 1. The van der Waals surface area contributed by atoms with E-state index in [1.54, 1.807) is 12.1 Å². The van der Waals surface area contributed by atoms with Gasteiger partial charge >= 0.3 is 0 Å². The fraction of sp³-hybridized carbons (Fsp3) is 0.188. The number of hydrogen-bond acceptors (Lipinski definition) is 6. The quantitative estimate of drug-likeness (QED) is 0.647. The molecule has 3 rings (SSSR count). The molecule has 7 heteroatoms. The second kappa shape index (κ2) is 6.78. The van der Waals surface area contributed by atoms with E-state index in [4.69, 9.17) is 4.74 Å². The molecular weight excluding hydrogens is 294 g/mol. The van der Waals surface area contributed by atoms with Gasteiger partial charge in [0.2, 0.25) is 11.7 Å². The molecule has 23 heavy (non-hydrogen) atoms. The van der Waals surface area contributed by atoms with Crippen LogP contribution in [0, 0.1) is 0 Å². The summed E-state index contributed by atoms with van der Waals surface area (Å²) >= 11 is 0. The lowest BCUT2D eigenvalue weighted by Crippen LogP contribution is -2.05. The second-order valence-corrected chi connectivity index (χ2v) is 4.95. The van der Waals surface area contributed by atoms with Gasteiger partial charge in [-0.15, -0.1) is 10.2 Å². The Morgan fingerprint density at radius 2 is 2.00 bits per heavy atom. The maximum Gasteiger partial charge on any atom is 0.213 e. The summed E-state index contributed by atoms with van der Waals surface area (Å²) in [4.78, 5) is 16.8. The first-order valence-electron chi connectivity index (χ1n) is 7.11. The van der Waals surface area contributed by atoms with Crippen LogP contribution in [0.1, 0.15) is 28.7 Å². The average molecular weight is 309 g/mol. The molecule has 0 unspecified atom stereocenters. The van der Waals surface area contributed by atoms with Crippen molar-refractivity contribution < 1.29 is 9.53 Å². The van der Waals surface area contributed by atoms with Crippen molar-refractivity contribution in [1.82, 2.24) is 25.2 Å². The molecule has 0 atom stereocenters. The fourth-order valence-corrected chi connectivity index (χ4v) is 1.96. The van der Waals surface area contributed by atoms with E-state index >= 15 is 0 Å². The van der Waals surface area contributed by atoms with Crippen molar-refractivity contribution in [2.24, 2.45) is 0 Å². The number of tetrazole rings is 1. The highest BCUT2D eigenvalue weighted by Crippen LogP contribution is 2.09. The molecule has 2 heterocycles. The summed E-state index contributed by atoms with van der Waals surface area (Å²) in [6, 6.07) is 13.2. The number of carbonyl (C=O) groups is 1. The number of nitrogens with zero attached hydrogens (tertiary/aromatic N) is 5.